The van der Waals surface area contributed by atoms with Crippen molar-refractivity contribution >= 4 is 40.5 Å². The predicted octanol–water partition coefficient (Wildman–Crippen LogP) is 5.06. The molecule has 1 saturated heterocycles. The van der Waals surface area contributed by atoms with Crippen LogP contribution in [0.5, 0.6) is 5.75 Å². The molecule has 2 aliphatic heterocycles. The summed E-state index contributed by atoms with van der Waals surface area (Å²) in [4.78, 5) is 20.7. The van der Waals surface area contributed by atoms with Crippen LogP contribution in [0.4, 0.5) is 11.4 Å². The number of ether oxygens (including phenoxy) is 1. The first kappa shape index (κ1) is 22.3. The van der Waals surface area contributed by atoms with Crippen LogP contribution in [0.3, 0.4) is 0 Å². The molecule has 2 heterocycles. The number of anilines is 2. The third-order valence-electron chi connectivity index (χ3n) is 6.94. The maximum Gasteiger partial charge on any atom is 0.272 e. The van der Waals surface area contributed by atoms with Crippen molar-refractivity contribution in [3.63, 3.8) is 0 Å². The van der Waals surface area contributed by atoms with Crippen LogP contribution in [-0.4, -0.2) is 50.1 Å². The van der Waals surface area contributed by atoms with E-state index in [1.54, 1.807) is 0 Å². The zero-order chi connectivity index (χ0) is 23.0. The highest BCUT2D eigenvalue weighted by Crippen LogP contribution is 2.60. The Labute approximate surface area is 204 Å². The number of hydrogen-bond donors (Lipinski definition) is 1. The third kappa shape index (κ3) is 4.26. The molecule has 1 saturated carbocycles. The number of fused-ring (bicyclic) bond motifs is 3. The molecule has 172 valence electrons. The number of carbonyl (C=O) groups is 1. The van der Waals surface area contributed by atoms with E-state index in [4.69, 9.17) is 34.5 Å². The van der Waals surface area contributed by atoms with Gasteiger partial charge in [-0.05, 0) is 43.7 Å². The Kier molecular flexibility index (Phi) is 6.13. The van der Waals surface area contributed by atoms with Gasteiger partial charge in [0.05, 0.1) is 40.0 Å². The van der Waals surface area contributed by atoms with Gasteiger partial charge in [0.25, 0.3) is 5.54 Å². The molecule has 2 fully saturated rings. The number of rotatable bonds is 7. The normalized spacial score (nSPS) is 23.8. The molecule has 8 heteroatoms. The lowest BCUT2D eigenvalue weighted by atomic mass is 9.97. The summed E-state index contributed by atoms with van der Waals surface area (Å²) in [6.07, 6.45) is 2.63. The van der Waals surface area contributed by atoms with Crippen molar-refractivity contribution in [2.24, 2.45) is 5.92 Å². The van der Waals surface area contributed by atoms with E-state index in [9.17, 15) is 4.79 Å². The molecule has 1 aliphatic carbocycles. The van der Waals surface area contributed by atoms with Crippen LogP contribution in [0.15, 0.2) is 36.4 Å². The fraction of sp³-hybridized carbons (Fsp3) is 0.440. The smallest absolute Gasteiger partial charge is 0.272 e. The van der Waals surface area contributed by atoms with Crippen molar-refractivity contribution in [3.8, 4) is 5.75 Å². The van der Waals surface area contributed by atoms with Crippen molar-refractivity contribution in [2.75, 3.05) is 49.5 Å². The molecule has 2 unspecified atom stereocenters. The van der Waals surface area contributed by atoms with Gasteiger partial charge >= 0.3 is 0 Å². The Bertz CT molecular complexity index is 1110. The number of benzene rings is 2. The van der Waals surface area contributed by atoms with Gasteiger partial charge in [0.2, 0.25) is 5.91 Å². The fourth-order valence-electron chi connectivity index (χ4n) is 4.93. The molecule has 3 aliphatic rings. The maximum atomic E-state index is 12.1. The molecule has 6 nitrogen and oxygen atoms in total. The first-order valence-corrected chi connectivity index (χ1v) is 12.2. The third-order valence-corrected chi connectivity index (χ3v) is 7.75. The quantitative estimate of drug-likeness (QED) is 0.440. The van der Waals surface area contributed by atoms with Crippen LogP contribution in [0.25, 0.3) is 4.85 Å². The van der Waals surface area contributed by atoms with Gasteiger partial charge in [-0.3, -0.25) is 9.69 Å². The monoisotopic (exact) mass is 484 g/mol. The Hall–Kier alpha value is -2.46. The molecule has 0 aromatic heterocycles. The van der Waals surface area contributed by atoms with Crippen molar-refractivity contribution in [2.45, 2.75) is 24.8 Å². The second-order valence-corrected chi connectivity index (χ2v) is 9.73. The SMILES string of the molecule is [C-]#[N+]C12CC1C(=O)Nc1cc(OCCCCN3CCN(c4cccc(Cl)c4Cl)CC3)ccc12. The molecule has 1 N–H and O–H groups in total. The lowest BCUT2D eigenvalue weighted by Gasteiger charge is -2.36. The highest BCUT2D eigenvalue weighted by molar-refractivity contribution is 6.43. The summed E-state index contributed by atoms with van der Waals surface area (Å²) in [5.41, 5.74) is 2.02. The Morgan fingerprint density at radius 1 is 1.15 bits per heavy atom. The van der Waals surface area contributed by atoms with Crippen LogP contribution >= 0.6 is 23.2 Å². The van der Waals surface area contributed by atoms with Crippen molar-refractivity contribution in [1.82, 2.24) is 4.90 Å². The summed E-state index contributed by atoms with van der Waals surface area (Å²) in [6, 6.07) is 11.5. The van der Waals surface area contributed by atoms with E-state index in [1.165, 1.54) is 0 Å². The number of nitrogens with one attached hydrogen (secondary N) is 1. The molecule has 33 heavy (non-hydrogen) atoms. The minimum Gasteiger partial charge on any atom is -0.494 e. The zero-order valence-electron chi connectivity index (χ0n) is 18.3. The van der Waals surface area contributed by atoms with Gasteiger partial charge in [0.1, 0.15) is 11.7 Å². The minimum absolute atomic E-state index is 0.0478. The molecule has 2 atom stereocenters. The lowest BCUT2D eigenvalue weighted by Crippen LogP contribution is -2.46. The topological polar surface area (TPSA) is 49.2 Å². The number of piperazine rings is 1. The van der Waals surface area contributed by atoms with Crippen LogP contribution < -0.4 is 15.0 Å². The highest BCUT2D eigenvalue weighted by atomic mass is 35.5. The van der Waals surface area contributed by atoms with Gasteiger partial charge in [-0.15, -0.1) is 0 Å². The van der Waals surface area contributed by atoms with Gasteiger partial charge in [-0.25, -0.2) is 6.57 Å². The van der Waals surface area contributed by atoms with Crippen LogP contribution in [0, 0.1) is 12.5 Å². The van der Waals surface area contributed by atoms with Gasteiger partial charge in [0.15, 0.2) is 0 Å². The van der Waals surface area contributed by atoms with Crippen molar-refractivity contribution in [1.29, 1.82) is 0 Å². The largest absolute Gasteiger partial charge is 0.494 e. The van der Waals surface area contributed by atoms with E-state index in [1.807, 2.05) is 36.4 Å². The van der Waals surface area contributed by atoms with E-state index in [-0.39, 0.29) is 11.8 Å². The molecular formula is C25H26Cl2N4O2. The molecule has 5 rings (SSSR count). The van der Waals surface area contributed by atoms with Gasteiger partial charge in [-0.1, -0.05) is 29.3 Å². The first-order chi connectivity index (χ1) is 16.0. The van der Waals surface area contributed by atoms with E-state index in [2.05, 4.69) is 20.0 Å². The van der Waals surface area contributed by atoms with Crippen LogP contribution in [0.2, 0.25) is 10.0 Å². The second-order valence-electron chi connectivity index (χ2n) is 8.95. The summed E-state index contributed by atoms with van der Waals surface area (Å²) in [5, 5.41) is 4.16. The molecule has 0 bridgehead atoms. The van der Waals surface area contributed by atoms with Crippen LogP contribution in [0.1, 0.15) is 24.8 Å². The molecular weight excluding hydrogens is 459 g/mol. The maximum absolute atomic E-state index is 12.1. The minimum atomic E-state index is -0.641. The van der Waals surface area contributed by atoms with Gasteiger partial charge in [-0.2, -0.15) is 0 Å². The zero-order valence-corrected chi connectivity index (χ0v) is 19.8. The first-order valence-electron chi connectivity index (χ1n) is 11.4. The summed E-state index contributed by atoms with van der Waals surface area (Å²) in [5.74, 6) is 0.493. The van der Waals surface area contributed by atoms with E-state index < -0.39 is 5.54 Å². The number of nitrogens with zero attached hydrogens (tertiary/aromatic N) is 3. The Balaban J connectivity index is 1.05. The van der Waals surface area contributed by atoms with Gasteiger partial charge < -0.3 is 19.8 Å². The number of unbranched alkanes of at least 4 members (excludes halogenated alkanes) is 1. The fourth-order valence-corrected chi connectivity index (χ4v) is 5.35. The molecule has 0 spiro atoms. The van der Waals surface area contributed by atoms with Crippen molar-refractivity contribution in [3.05, 3.63) is 63.4 Å². The Morgan fingerprint density at radius 3 is 2.76 bits per heavy atom. The summed E-state index contributed by atoms with van der Waals surface area (Å²) >= 11 is 12.5. The van der Waals surface area contributed by atoms with Gasteiger partial charge in [0, 0.05) is 32.2 Å². The predicted molar refractivity (Wildman–Crippen MR) is 131 cm³/mol. The Morgan fingerprint density at radius 2 is 1.97 bits per heavy atom. The molecule has 2 aromatic rings. The average molecular weight is 485 g/mol. The number of carbonyl (C=O) groups excluding carboxylic acids is 1. The summed E-state index contributed by atoms with van der Waals surface area (Å²) in [7, 11) is 0. The van der Waals surface area contributed by atoms with E-state index in [0.717, 1.165) is 68.3 Å². The average Bonchev–Trinajstić information content (AvgIpc) is 3.58. The molecule has 2 aromatic carbocycles. The van der Waals surface area contributed by atoms with E-state index >= 15 is 0 Å². The van der Waals surface area contributed by atoms with Crippen molar-refractivity contribution < 1.29 is 9.53 Å². The summed E-state index contributed by atoms with van der Waals surface area (Å²) in [6.45, 7) is 13.0. The highest BCUT2D eigenvalue weighted by Gasteiger charge is 2.70. The number of hydrogen-bond acceptors (Lipinski definition) is 4. The number of amides is 1. The molecule has 0 radical (unpaired) electrons. The van der Waals surface area contributed by atoms with E-state index in [0.29, 0.717) is 23.1 Å². The second kappa shape index (κ2) is 9.06. The molecule has 1 amide bonds. The lowest BCUT2D eigenvalue weighted by molar-refractivity contribution is -0.117. The summed E-state index contributed by atoms with van der Waals surface area (Å²) < 4.78 is 5.93. The van der Waals surface area contributed by atoms with Crippen LogP contribution in [-0.2, 0) is 10.3 Å². The standard InChI is InChI=1S/C25H26Cl2N4O2/c1-28-25-16-19(25)24(32)29-21-15-17(7-8-18(21)25)33-14-3-2-9-30-10-12-31(13-11-30)22-6-4-5-20(26)23(22)27/h4-8,15,19H,2-3,9-14,16H2,(H,29,32). The number of halogens is 2.